The van der Waals surface area contributed by atoms with Gasteiger partial charge in [-0.2, -0.15) is 0 Å². The molecule has 1 aliphatic rings. The fourth-order valence-electron chi connectivity index (χ4n) is 2.39. The lowest BCUT2D eigenvalue weighted by molar-refractivity contribution is -0.151. The van der Waals surface area contributed by atoms with Crippen LogP contribution in [0.25, 0.3) is 0 Å². The molecular formula is C14H18N2O4S. The van der Waals surface area contributed by atoms with Crippen LogP contribution in [-0.4, -0.2) is 46.9 Å². The van der Waals surface area contributed by atoms with Crippen molar-refractivity contribution in [1.29, 1.82) is 0 Å². The zero-order chi connectivity index (χ0) is 15.4. The molecule has 2 heterocycles. The molecule has 1 fully saturated rings. The summed E-state index contributed by atoms with van der Waals surface area (Å²) in [4.78, 5) is 38.1. The maximum absolute atomic E-state index is 12.1. The first-order valence-corrected chi connectivity index (χ1v) is 7.67. The molecule has 1 aromatic heterocycles. The van der Waals surface area contributed by atoms with Crippen LogP contribution in [0.1, 0.15) is 33.8 Å². The zero-order valence-electron chi connectivity index (χ0n) is 11.8. The minimum absolute atomic E-state index is 0.167. The molecule has 114 valence electrons. The lowest BCUT2D eigenvalue weighted by Crippen LogP contribution is -2.51. The van der Waals surface area contributed by atoms with Crippen molar-refractivity contribution < 1.29 is 19.5 Å². The largest absolute Gasteiger partial charge is 0.480 e. The molecule has 0 aliphatic carbocycles. The fourth-order valence-corrected chi connectivity index (χ4v) is 3.17. The molecule has 0 unspecified atom stereocenters. The van der Waals surface area contributed by atoms with E-state index in [0.29, 0.717) is 17.8 Å². The van der Waals surface area contributed by atoms with Gasteiger partial charge in [0.2, 0.25) is 5.91 Å². The van der Waals surface area contributed by atoms with Crippen molar-refractivity contribution in [3.8, 4) is 0 Å². The summed E-state index contributed by atoms with van der Waals surface area (Å²) in [6, 6.07) is 2.78. The van der Waals surface area contributed by atoms with Gasteiger partial charge in [-0.25, -0.2) is 4.79 Å². The lowest BCUT2D eigenvalue weighted by atomic mass is 10.0. The molecule has 0 spiro atoms. The van der Waals surface area contributed by atoms with E-state index in [1.165, 1.54) is 16.2 Å². The summed E-state index contributed by atoms with van der Waals surface area (Å²) in [5, 5.41) is 11.7. The van der Waals surface area contributed by atoms with Gasteiger partial charge in [0, 0.05) is 11.4 Å². The molecule has 0 radical (unpaired) electrons. The summed E-state index contributed by atoms with van der Waals surface area (Å²) < 4.78 is 0. The van der Waals surface area contributed by atoms with Crippen LogP contribution in [0, 0.1) is 6.92 Å². The minimum atomic E-state index is -0.983. The first kappa shape index (κ1) is 15.5. The number of carbonyl (C=O) groups excluding carboxylic acids is 2. The molecule has 2 N–H and O–H groups in total. The third-order valence-corrected chi connectivity index (χ3v) is 4.47. The van der Waals surface area contributed by atoms with E-state index in [-0.39, 0.29) is 18.4 Å². The molecule has 0 bridgehead atoms. The molecule has 6 nitrogen and oxygen atoms in total. The van der Waals surface area contributed by atoms with E-state index >= 15 is 0 Å². The van der Waals surface area contributed by atoms with Crippen LogP contribution >= 0.6 is 11.3 Å². The highest BCUT2D eigenvalue weighted by Crippen LogP contribution is 2.17. The zero-order valence-corrected chi connectivity index (χ0v) is 12.6. The highest BCUT2D eigenvalue weighted by atomic mass is 32.1. The lowest BCUT2D eigenvalue weighted by Gasteiger charge is -2.32. The molecular weight excluding hydrogens is 292 g/mol. The van der Waals surface area contributed by atoms with E-state index in [2.05, 4.69) is 5.32 Å². The van der Waals surface area contributed by atoms with E-state index in [1.54, 1.807) is 6.07 Å². The Morgan fingerprint density at radius 2 is 2.14 bits per heavy atom. The van der Waals surface area contributed by atoms with Crippen molar-refractivity contribution in [2.75, 3.05) is 13.1 Å². The number of aryl methyl sites for hydroxylation is 1. The van der Waals surface area contributed by atoms with Gasteiger partial charge in [0.05, 0.1) is 11.4 Å². The second kappa shape index (κ2) is 6.71. The number of nitrogens with one attached hydrogen (secondary N) is 1. The molecule has 0 aromatic carbocycles. The Labute approximate surface area is 126 Å². The molecule has 1 saturated heterocycles. The van der Waals surface area contributed by atoms with E-state index < -0.39 is 12.0 Å². The molecule has 7 heteroatoms. The monoisotopic (exact) mass is 310 g/mol. The molecule has 0 saturated carbocycles. The first-order chi connectivity index (χ1) is 9.99. The number of hydrogen-bond donors (Lipinski definition) is 2. The Balaban J connectivity index is 1.91. The average molecular weight is 310 g/mol. The Hall–Kier alpha value is -1.89. The number of carbonyl (C=O) groups is 3. The number of piperidine rings is 1. The van der Waals surface area contributed by atoms with Gasteiger partial charge in [-0.3, -0.25) is 9.59 Å². The van der Waals surface area contributed by atoms with Gasteiger partial charge in [-0.15, -0.1) is 11.3 Å². The molecule has 1 aromatic rings. The minimum Gasteiger partial charge on any atom is -0.480 e. The molecule has 1 aliphatic heterocycles. The summed E-state index contributed by atoms with van der Waals surface area (Å²) in [5.41, 5.74) is 0. The Kier molecular flexibility index (Phi) is 4.95. The Morgan fingerprint density at radius 3 is 2.76 bits per heavy atom. The van der Waals surface area contributed by atoms with E-state index in [1.807, 2.05) is 13.0 Å². The molecule has 2 rings (SSSR count). The van der Waals surface area contributed by atoms with E-state index in [9.17, 15) is 14.4 Å². The van der Waals surface area contributed by atoms with Crippen molar-refractivity contribution in [1.82, 2.24) is 10.2 Å². The van der Waals surface area contributed by atoms with Crippen molar-refractivity contribution in [2.24, 2.45) is 0 Å². The van der Waals surface area contributed by atoms with Gasteiger partial charge in [0.15, 0.2) is 0 Å². The van der Waals surface area contributed by atoms with Gasteiger partial charge in [-0.05, 0) is 38.3 Å². The standard InChI is InChI=1S/C14H18N2O4S/c1-9-5-6-11(21-9)13(18)15-8-12(17)16-7-3-2-4-10(16)14(19)20/h5-6,10H,2-4,7-8H2,1H3,(H,15,18)(H,19,20)/t10-/m1/s1. The first-order valence-electron chi connectivity index (χ1n) is 6.86. The van der Waals surface area contributed by atoms with Crippen LogP contribution in [0.2, 0.25) is 0 Å². The summed E-state index contributed by atoms with van der Waals surface area (Å²) in [5.74, 6) is -1.63. The van der Waals surface area contributed by atoms with Crippen molar-refractivity contribution in [3.05, 3.63) is 21.9 Å². The van der Waals surface area contributed by atoms with Gasteiger partial charge in [0.1, 0.15) is 6.04 Å². The molecule has 2 amide bonds. The average Bonchev–Trinajstić information content (AvgIpc) is 2.91. The van der Waals surface area contributed by atoms with E-state index in [4.69, 9.17) is 5.11 Å². The summed E-state index contributed by atoms with van der Waals surface area (Å²) in [6.45, 7) is 2.17. The van der Waals surface area contributed by atoms with Crippen LogP contribution < -0.4 is 5.32 Å². The van der Waals surface area contributed by atoms with Crippen molar-refractivity contribution >= 4 is 29.1 Å². The Bertz CT molecular complexity index is 555. The SMILES string of the molecule is Cc1ccc(C(=O)NCC(=O)N2CCCC[C@@H]2C(=O)O)s1. The number of aliphatic carboxylic acids is 1. The number of carboxylic acids is 1. The van der Waals surface area contributed by atoms with Crippen LogP contribution in [0.4, 0.5) is 0 Å². The normalized spacial score (nSPS) is 18.3. The highest BCUT2D eigenvalue weighted by molar-refractivity contribution is 7.13. The van der Waals surface area contributed by atoms with Gasteiger partial charge >= 0.3 is 5.97 Å². The smallest absolute Gasteiger partial charge is 0.326 e. The number of hydrogen-bond acceptors (Lipinski definition) is 4. The van der Waals surface area contributed by atoms with Crippen LogP contribution in [0.15, 0.2) is 12.1 Å². The van der Waals surface area contributed by atoms with Gasteiger partial charge < -0.3 is 15.3 Å². The van der Waals surface area contributed by atoms with Crippen molar-refractivity contribution in [3.63, 3.8) is 0 Å². The van der Waals surface area contributed by atoms with Crippen LogP contribution in [0.3, 0.4) is 0 Å². The highest BCUT2D eigenvalue weighted by Gasteiger charge is 2.31. The van der Waals surface area contributed by atoms with E-state index in [0.717, 1.165) is 17.7 Å². The third kappa shape index (κ3) is 3.81. The number of carboxylic acid groups (broad SMARTS) is 1. The van der Waals surface area contributed by atoms with Gasteiger partial charge in [-0.1, -0.05) is 0 Å². The van der Waals surface area contributed by atoms with Gasteiger partial charge in [0.25, 0.3) is 5.91 Å². The third-order valence-electron chi connectivity index (χ3n) is 3.47. The quantitative estimate of drug-likeness (QED) is 0.876. The maximum atomic E-state index is 12.1. The number of nitrogens with zero attached hydrogens (tertiary/aromatic N) is 1. The fraction of sp³-hybridized carbons (Fsp3) is 0.500. The summed E-state index contributed by atoms with van der Waals surface area (Å²) in [6.07, 6.45) is 2.08. The predicted octanol–water partition coefficient (Wildman–Crippen LogP) is 1.25. The van der Waals surface area contributed by atoms with Crippen LogP contribution in [0.5, 0.6) is 0 Å². The second-order valence-electron chi connectivity index (χ2n) is 5.03. The maximum Gasteiger partial charge on any atom is 0.326 e. The topological polar surface area (TPSA) is 86.7 Å². The summed E-state index contributed by atoms with van der Waals surface area (Å²) in [7, 11) is 0. The predicted molar refractivity (Wildman–Crippen MR) is 78.4 cm³/mol. The second-order valence-corrected chi connectivity index (χ2v) is 6.32. The number of thiophene rings is 1. The Morgan fingerprint density at radius 1 is 1.38 bits per heavy atom. The van der Waals surface area contributed by atoms with Crippen molar-refractivity contribution in [2.45, 2.75) is 32.2 Å². The molecule has 1 atom stereocenters. The number of rotatable bonds is 4. The number of likely N-dealkylation sites (tertiary alicyclic amines) is 1. The van der Waals surface area contributed by atoms with Crippen LogP contribution in [-0.2, 0) is 9.59 Å². The number of amides is 2. The molecule has 21 heavy (non-hydrogen) atoms. The summed E-state index contributed by atoms with van der Waals surface area (Å²) >= 11 is 1.36.